The van der Waals surface area contributed by atoms with E-state index in [0.717, 1.165) is 62.0 Å². The summed E-state index contributed by atoms with van der Waals surface area (Å²) >= 11 is 1.69. The van der Waals surface area contributed by atoms with Gasteiger partial charge in [0.15, 0.2) is 16.6 Å². The number of hydrogen-bond donors (Lipinski definition) is 1. The first-order chi connectivity index (χ1) is 15.1. The molecule has 31 heavy (non-hydrogen) atoms. The molecular weight excluding hydrogens is 416 g/mol. The lowest BCUT2D eigenvalue weighted by atomic mass is 9.90. The number of rotatable bonds is 3. The number of anilines is 2. The Morgan fingerprint density at radius 2 is 1.90 bits per heavy atom. The standard InChI is InChI=1S/C22H26N4O4S/c1-14(27)25-6-8-26(9-7-25)22-24-17-4-2-15(12-20(17)31-22)21(28)23-16-3-5-18-19(13-16)30-11-10-29-18/h3,5,13,15H,2,4,6-12H2,1H3,(H,23,28)/t15-/m1/s1. The molecule has 2 aliphatic heterocycles. The highest BCUT2D eigenvalue weighted by Crippen LogP contribution is 2.36. The second-order valence-corrected chi connectivity index (χ2v) is 9.21. The summed E-state index contributed by atoms with van der Waals surface area (Å²) in [6, 6.07) is 5.52. The molecule has 2 aromatic rings. The average Bonchev–Trinajstić information content (AvgIpc) is 3.22. The largest absolute Gasteiger partial charge is 0.486 e. The number of piperazine rings is 1. The van der Waals surface area contributed by atoms with Crippen molar-refractivity contribution in [2.45, 2.75) is 26.2 Å². The van der Waals surface area contributed by atoms with Crippen molar-refractivity contribution < 1.29 is 19.1 Å². The van der Waals surface area contributed by atoms with Crippen molar-refractivity contribution in [1.82, 2.24) is 9.88 Å². The van der Waals surface area contributed by atoms with Crippen molar-refractivity contribution in [3.8, 4) is 11.5 Å². The Hall–Kier alpha value is -2.81. The quantitative estimate of drug-likeness (QED) is 0.786. The molecule has 1 atom stereocenters. The lowest BCUT2D eigenvalue weighted by Gasteiger charge is -2.33. The highest BCUT2D eigenvalue weighted by atomic mass is 32.1. The van der Waals surface area contributed by atoms with Gasteiger partial charge in [0.25, 0.3) is 0 Å². The molecule has 0 radical (unpaired) electrons. The van der Waals surface area contributed by atoms with Gasteiger partial charge in [0.1, 0.15) is 13.2 Å². The topological polar surface area (TPSA) is 84.0 Å². The third-order valence-corrected chi connectivity index (χ3v) is 7.29. The van der Waals surface area contributed by atoms with Gasteiger partial charge in [-0.3, -0.25) is 9.59 Å². The number of amides is 2. The molecule has 8 nitrogen and oxygen atoms in total. The minimum Gasteiger partial charge on any atom is -0.486 e. The van der Waals surface area contributed by atoms with Gasteiger partial charge in [0, 0.05) is 55.7 Å². The number of ether oxygens (including phenoxy) is 2. The number of benzene rings is 1. The van der Waals surface area contributed by atoms with Crippen molar-refractivity contribution in [3.63, 3.8) is 0 Å². The highest BCUT2D eigenvalue weighted by molar-refractivity contribution is 7.15. The Labute approximate surface area is 185 Å². The molecule has 2 amide bonds. The summed E-state index contributed by atoms with van der Waals surface area (Å²) in [4.78, 5) is 34.6. The van der Waals surface area contributed by atoms with E-state index in [4.69, 9.17) is 14.5 Å². The number of aromatic nitrogens is 1. The van der Waals surface area contributed by atoms with Crippen LogP contribution < -0.4 is 19.7 Å². The van der Waals surface area contributed by atoms with Gasteiger partial charge >= 0.3 is 0 Å². The van der Waals surface area contributed by atoms with Crippen LogP contribution >= 0.6 is 11.3 Å². The molecule has 1 saturated heterocycles. The van der Waals surface area contributed by atoms with E-state index in [2.05, 4.69) is 10.2 Å². The Morgan fingerprint density at radius 1 is 1.13 bits per heavy atom. The summed E-state index contributed by atoms with van der Waals surface area (Å²) in [6.45, 7) is 5.77. The van der Waals surface area contributed by atoms with E-state index in [1.54, 1.807) is 18.3 Å². The number of nitrogens with one attached hydrogen (secondary N) is 1. The maximum absolute atomic E-state index is 12.9. The SMILES string of the molecule is CC(=O)N1CCN(c2nc3c(s2)C[C@H](C(=O)Nc2ccc4c(c2)OCCO4)CC3)CC1. The molecule has 9 heteroatoms. The van der Waals surface area contributed by atoms with Crippen LogP contribution in [-0.4, -0.2) is 61.1 Å². The first-order valence-corrected chi connectivity index (χ1v) is 11.6. The summed E-state index contributed by atoms with van der Waals surface area (Å²) in [7, 11) is 0. The highest BCUT2D eigenvalue weighted by Gasteiger charge is 2.30. The normalized spacial score (nSPS) is 20.2. The zero-order valence-electron chi connectivity index (χ0n) is 17.6. The van der Waals surface area contributed by atoms with E-state index in [1.807, 2.05) is 23.1 Å². The van der Waals surface area contributed by atoms with E-state index in [9.17, 15) is 9.59 Å². The number of thiazole rings is 1. The van der Waals surface area contributed by atoms with Gasteiger partial charge in [-0.1, -0.05) is 0 Å². The lowest BCUT2D eigenvalue weighted by molar-refractivity contribution is -0.129. The number of carbonyl (C=O) groups excluding carboxylic acids is 2. The number of hydrogen-bond acceptors (Lipinski definition) is 7. The summed E-state index contributed by atoms with van der Waals surface area (Å²) in [5, 5.41) is 4.05. The van der Waals surface area contributed by atoms with Gasteiger partial charge in [-0.25, -0.2) is 4.98 Å². The van der Waals surface area contributed by atoms with Crippen molar-refractivity contribution in [3.05, 3.63) is 28.8 Å². The zero-order valence-corrected chi connectivity index (χ0v) is 18.4. The summed E-state index contributed by atoms with van der Waals surface area (Å²) in [5.74, 6) is 1.49. The average molecular weight is 443 g/mol. The Morgan fingerprint density at radius 3 is 2.68 bits per heavy atom. The first kappa shape index (κ1) is 20.1. The summed E-state index contributed by atoms with van der Waals surface area (Å²) in [5.41, 5.74) is 1.85. The molecule has 1 aromatic heterocycles. The molecule has 1 aromatic carbocycles. The molecule has 3 aliphatic rings. The number of aryl methyl sites for hydroxylation is 1. The number of fused-ring (bicyclic) bond motifs is 2. The van der Waals surface area contributed by atoms with Gasteiger partial charge in [-0.15, -0.1) is 11.3 Å². The van der Waals surface area contributed by atoms with Gasteiger partial charge in [0.2, 0.25) is 11.8 Å². The first-order valence-electron chi connectivity index (χ1n) is 10.8. The van der Waals surface area contributed by atoms with Gasteiger partial charge in [-0.05, 0) is 31.4 Å². The van der Waals surface area contributed by atoms with Crippen molar-refractivity contribution in [2.24, 2.45) is 5.92 Å². The Balaban J connectivity index is 1.22. The van der Waals surface area contributed by atoms with E-state index in [1.165, 1.54) is 4.88 Å². The summed E-state index contributed by atoms with van der Waals surface area (Å²) in [6.07, 6.45) is 2.33. The minimum atomic E-state index is -0.0661. The zero-order chi connectivity index (χ0) is 21.4. The molecule has 164 valence electrons. The molecule has 3 heterocycles. The third kappa shape index (κ3) is 4.19. The molecule has 0 spiro atoms. The number of nitrogens with zero attached hydrogens (tertiary/aromatic N) is 3. The lowest BCUT2D eigenvalue weighted by Crippen LogP contribution is -2.48. The molecule has 5 rings (SSSR count). The van der Waals surface area contributed by atoms with Crippen LogP contribution in [0.2, 0.25) is 0 Å². The van der Waals surface area contributed by atoms with Crippen LogP contribution in [0, 0.1) is 5.92 Å². The fourth-order valence-corrected chi connectivity index (χ4v) is 5.54. The Kier molecular flexibility index (Phi) is 5.43. The molecule has 1 fully saturated rings. The minimum absolute atomic E-state index is 0.0346. The molecular formula is C22H26N4O4S. The van der Waals surface area contributed by atoms with E-state index < -0.39 is 0 Å². The molecule has 0 unspecified atom stereocenters. The maximum atomic E-state index is 12.9. The second-order valence-electron chi connectivity index (χ2n) is 8.15. The van der Waals surface area contributed by atoms with Gasteiger partial charge < -0.3 is 24.6 Å². The fourth-order valence-electron chi connectivity index (χ4n) is 4.30. The van der Waals surface area contributed by atoms with Crippen LogP contribution in [0.4, 0.5) is 10.8 Å². The molecule has 1 aliphatic carbocycles. The van der Waals surface area contributed by atoms with Crippen molar-refractivity contribution >= 4 is 34.0 Å². The predicted octanol–water partition coefficient (Wildman–Crippen LogP) is 2.33. The molecule has 0 saturated carbocycles. The predicted molar refractivity (Wildman–Crippen MR) is 118 cm³/mol. The Bertz CT molecular complexity index is 999. The van der Waals surface area contributed by atoms with E-state index >= 15 is 0 Å². The smallest absolute Gasteiger partial charge is 0.227 e. The van der Waals surface area contributed by atoms with Crippen LogP contribution in [0.1, 0.15) is 23.9 Å². The monoisotopic (exact) mass is 442 g/mol. The second kappa shape index (κ2) is 8.37. The molecule has 1 N–H and O–H groups in total. The van der Waals surface area contributed by atoms with Gasteiger partial charge in [-0.2, -0.15) is 0 Å². The van der Waals surface area contributed by atoms with Crippen molar-refractivity contribution in [1.29, 1.82) is 0 Å². The van der Waals surface area contributed by atoms with E-state index in [0.29, 0.717) is 24.7 Å². The third-order valence-electron chi connectivity index (χ3n) is 6.10. The van der Waals surface area contributed by atoms with Crippen LogP contribution in [0.5, 0.6) is 11.5 Å². The van der Waals surface area contributed by atoms with Crippen molar-refractivity contribution in [2.75, 3.05) is 49.6 Å². The molecule has 0 bridgehead atoms. The van der Waals surface area contributed by atoms with Gasteiger partial charge in [0.05, 0.1) is 5.69 Å². The van der Waals surface area contributed by atoms with Crippen LogP contribution in [-0.2, 0) is 22.4 Å². The fraction of sp³-hybridized carbons (Fsp3) is 0.500. The number of carbonyl (C=O) groups is 2. The van der Waals surface area contributed by atoms with E-state index in [-0.39, 0.29) is 17.7 Å². The van der Waals surface area contributed by atoms with Crippen LogP contribution in [0.15, 0.2) is 18.2 Å². The van der Waals surface area contributed by atoms with Crippen LogP contribution in [0.3, 0.4) is 0 Å². The van der Waals surface area contributed by atoms with Crippen LogP contribution in [0.25, 0.3) is 0 Å². The summed E-state index contributed by atoms with van der Waals surface area (Å²) < 4.78 is 11.2. The maximum Gasteiger partial charge on any atom is 0.227 e.